The van der Waals surface area contributed by atoms with Crippen molar-refractivity contribution in [2.45, 2.75) is 32.3 Å². The SMILES string of the molecule is CCCNc1cc(N(C)CC2CC(O)C2)ccn1. The standard InChI is InChI=1S/C14H23N3O/c1-3-5-15-14-9-12(4-6-16-14)17(2)10-11-7-13(18)8-11/h4,6,9,11,13,18H,3,5,7-8,10H2,1-2H3,(H,15,16). The van der Waals surface area contributed by atoms with E-state index in [-0.39, 0.29) is 6.10 Å². The summed E-state index contributed by atoms with van der Waals surface area (Å²) in [7, 11) is 2.10. The first kappa shape index (κ1) is 13.1. The first-order chi connectivity index (χ1) is 8.69. The van der Waals surface area contributed by atoms with Crippen molar-refractivity contribution in [3.05, 3.63) is 18.3 Å². The largest absolute Gasteiger partial charge is 0.393 e. The third-order valence-corrected chi connectivity index (χ3v) is 3.48. The number of nitrogens with zero attached hydrogens (tertiary/aromatic N) is 2. The van der Waals surface area contributed by atoms with Crippen molar-refractivity contribution in [3.8, 4) is 0 Å². The van der Waals surface area contributed by atoms with Gasteiger partial charge in [-0.1, -0.05) is 6.92 Å². The smallest absolute Gasteiger partial charge is 0.127 e. The quantitative estimate of drug-likeness (QED) is 0.810. The number of hydrogen-bond acceptors (Lipinski definition) is 4. The van der Waals surface area contributed by atoms with E-state index in [2.05, 4.69) is 35.2 Å². The number of aliphatic hydroxyl groups excluding tert-OH is 1. The van der Waals surface area contributed by atoms with Crippen LogP contribution in [0, 0.1) is 5.92 Å². The highest BCUT2D eigenvalue weighted by atomic mass is 16.3. The van der Waals surface area contributed by atoms with Crippen LogP contribution in [0.5, 0.6) is 0 Å². The second-order valence-electron chi connectivity index (χ2n) is 5.20. The highest BCUT2D eigenvalue weighted by Gasteiger charge is 2.27. The molecule has 0 radical (unpaired) electrons. The Morgan fingerprint density at radius 1 is 1.50 bits per heavy atom. The number of hydrogen-bond donors (Lipinski definition) is 2. The molecule has 0 aliphatic heterocycles. The Kier molecular flexibility index (Phi) is 4.42. The molecule has 1 heterocycles. The van der Waals surface area contributed by atoms with Gasteiger partial charge in [0.15, 0.2) is 0 Å². The summed E-state index contributed by atoms with van der Waals surface area (Å²) in [5, 5.41) is 12.6. The lowest BCUT2D eigenvalue weighted by Crippen LogP contribution is -2.37. The average molecular weight is 249 g/mol. The van der Waals surface area contributed by atoms with Gasteiger partial charge in [0, 0.05) is 38.1 Å². The molecule has 0 unspecified atom stereocenters. The lowest BCUT2D eigenvalue weighted by atomic mass is 9.82. The molecule has 4 nitrogen and oxygen atoms in total. The Morgan fingerprint density at radius 2 is 2.28 bits per heavy atom. The first-order valence-corrected chi connectivity index (χ1v) is 6.78. The minimum atomic E-state index is -0.0670. The van der Waals surface area contributed by atoms with E-state index in [9.17, 15) is 5.11 Å². The van der Waals surface area contributed by atoms with Gasteiger partial charge in [-0.3, -0.25) is 0 Å². The Hall–Kier alpha value is -1.29. The van der Waals surface area contributed by atoms with E-state index < -0.39 is 0 Å². The van der Waals surface area contributed by atoms with Crippen molar-refractivity contribution in [1.29, 1.82) is 0 Å². The lowest BCUT2D eigenvalue weighted by Gasteiger charge is -2.35. The van der Waals surface area contributed by atoms with Crippen molar-refractivity contribution in [3.63, 3.8) is 0 Å². The number of nitrogens with one attached hydrogen (secondary N) is 1. The molecule has 1 saturated carbocycles. The van der Waals surface area contributed by atoms with E-state index in [1.807, 2.05) is 12.3 Å². The molecule has 2 N–H and O–H groups in total. The second-order valence-corrected chi connectivity index (χ2v) is 5.20. The topological polar surface area (TPSA) is 48.4 Å². The van der Waals surface area contributed by atoms with Crippen LogP contribution in [-0.4, -0.2) is 36.3 Å². The van der Waals surface area contributed by atoms with Crippen LogP contribution in [0.2, 0.25) is 0 Å². The Morgan fingerprint density at radius 3 is 2.94 bits per heavy atom. The van der Waals surface area contributed by atoms with Crippen molar-refractivity contribution in [1.82, 2.24) is 4.98 Å². The van der Waals surface area contributed by atoms with Crippen molar-refractivity contribution in [2.75, 3.05) is 30.4 Å². The van der Waals surface area contributed by atoms with Crippen LogP contribution in [0.15, 0.2) is 18.3 Å². The zero-order valence-corrected chi connectivity index (χ0v) is 11.3. The summed E-state index contributed by atoms with van der Waals surface area (Å²) in [6.07, 6.45) is 4.76. The van der Waals surface area contributed by atoms with Gasteiger partial charge in [-0.2, -0.15) is 0 Å². The average Bonchev–Trinajstić information content (AvgIpc) is 2.35. The van der Waals surface area contributed by atoms with Gasteiger partial charge in [0.2, 0.25) is 0 Å². The van der Waals surface area contributed by atoms with E-state index in [0.29, 0.717) is 5.92 Å². The predicted octanol–water partition coefficient (Wildman–Crippen LogP) is 2.11. The molecule has 0 amide bonds. The number of aromatic nitrogens is 1. The van der Waals surface area contributed by atoms with Gasteiger partial charge in [-0.15, -0.1) is 0 Å². The van der Waals surface area contributed by atoms with E-state index in [0.717, 1.165) is 38.2 Å². The van der Waals surface area contributed by atoms with Gasteiger partial charge >= 0.3 is 0 Å². The maximum Gasteiger partial charge on any atom is 0.127 e. The molecule has 18 heavy (non-hydrogen) atoms. The minimum Gasteiger partial charge on any atom is -0.393 e. The molecule has 1 aliphatic rings. The minimum absolute atomic E-state index is 0.0670. The molecule has 1 aromatic rings. The lowest BCUT2D eigenvalue weighted by molar-refractivity contribution is 0.0465. The van der Waals surface area contributed by atoms with Gasteiger partial charge in [0.05, 0.1) is 6.10 Å². The molecule has 4 heteroatoms. The summed E-state index contributed by atoms with van der Waals surface area (Å²) in [4.78, 5) is 6.55. The molecule has 1 aliphatic carbocycles. The fourth-order valence-electron chi connectivity index (χ4n) is 2.35. The molecule has 0 aromatic carbocycles. The molecule has 0 spiro atoms. The highest BCUT2D eigenvalue weighted by molar-refractivity contribution is 5.53. The maximum atomic E-state index is 9.30. The van der Waals surface area contributed by atoms with Crippen LogP contribution in [0.25, 0.3) is 0 Å². The number of aliphatic hydroxyl groups is 1. The van der Waals surface area contributed by atoms with Crippen LogP contribution < -0.4 is 10.2 Å². The van der Waals surface area contributed by atoms with Crippen LogP contribution >= 0.6 is 0 Å². The molecule has 0 bridgehead atoms. The van der Waals surface area contributed by atoms with Crippen LogP contribution in [0.4, 0.5) is 11.5 Å². The monoisotopic (exact) mass is 249 g/mol. The summed E-state index contributed by atoms with van der Waals surface area (Å²) < 4.78 is 0. The van der Waals surface area contributed by atoms with E-state index in [1.54, 1.807) is 0 Å². The summed E-state index contributed by atoms with van der Waals surface area (Å²) in [6.45, 7) is 4.11. The Bertz CT molecular complexity index is 377. The molecule has 2 rings (SSSR count). The molecule has 0 saturated heterocycles. The maximum absolute atomic E-state index is 9.30. The molecule has 0 atom stereocenters. The first-order valence-electron chi connectivity index (χ1n) is 6.78. The van der Waals surface area contributed by atoms with Crippen LogP contribution in [0.1, 0.15) is 26.2 Å². The number of anilines is 2. The predicted molar refractivity (Wildman–Crippen MR) is 75.0 cm³/mol. The summed E-state index contributed by atoms with van der Waals surface area (Å²) in [5.41, 5.74) is 1.19. The molecule has 1 aromatic heterocycles. The molecular formula is C14H23N3O. The van der Waals surface area contributed by atoms with Crippen molar-refractivity contribution in [2.24, 2.45) is 5.92 Å². The molecule has 1 fully saturated rings. The van der Waals surface area contributed by atoms with Gasteiger partial charge in [0.1, 0.15) is 5.82 Å². The van der Waals surface area contributed by atoms with Crippen LogP contribution in [-0.2, 0) is 0 Å². The molecular weight excluding hydrogens is 226 g/mol. The Labute approximate surface area is 109 Å². The van der Waals surface area contributed by atoms with Gasteiger partial charge < -0.3 is 15.3 Å². The molecule has 100 valence electrons. The third kappa shape index (κ3) is 3.35. The van der Waals surface area contributed by atoms with Crippen molar-refractivity contribution < 1.29 is 5.11 Å². The van der Waals surface area contributed by atoms with E-state index in [4.69, 9.17) is 0 Å². The van der Waals surface area contributed by atoms with Gasteiger partial charge in [-0.25, -0.2) is 4.98 Å². The summed E-state index contributed by atoms with van der Waals surface area (Å²) >= 11 is 0. The second kappa shape index (κ2) is 6.05. The number of pyridine rings is 1. The normalized spacial score (nSPS) is 22.4. The van der Waals surface area contributed by atoms with Gasteiger partial charge in [0.25, 0.3) is 0 Å². The van der Waals surface area contributed by atoms with E-state index >= 15 is 0 Å². The van der Waals surface area contributed by atoms with Crippen molar-refractivity contribution >= 4 is 11.5 Å². The Balaban J connectivity index is 1.90. The zero-order chi connectivity index (χ0) is 13.0. The van der Waals surface area contributed by atoms with E-state index in [1.165, 1.54) is 5.69 Å². The zero-order valence-electron chi connectivity index (χ0n) is 11.3. The third-order valence-electron chi connectivity index (χ3n) is 3.48. The summed E-state index contributed by atoms with van der Waals surface area (Å²) in [6, 6.07) is 4.12. The number of rotatable bonds is 6. The fourth-order valence-corrected chi connectivity index (χ4v) is 2.35. The fraction of sp³-hybridized carbons (Fsp3) is 0.643. The van der Waals surface area contributed by atoms with Gasteiger partial charge in [-0.05, 0) is 31.2 Å². The summed E-state index contributed by atoms with van der Waals surface area (Å²) in [5.74, 6) is 1.57. The van der Waals surface area contributed by atoms with Crippen LogP contribution in [0.3, 0.4) is 0 Å². The highest BCUT2D eigenvalue weighted by Crippen LogP contribution is 2.29.